The van der Waals surface area contributed by atoms with Crippen LogP contribution in [0, 0.1) is 11.3 Å². The van der Waals surface area contributed by atoms with E-state index in [0.717, 1.165) is 62.3 Å². The lowest BCUT2D eigenvalue weighted by molar-refractivity contribution is 0.0357. The summed E-state index contributed by atoms with van der Waals surface area (Å²) < 4.78 is 17.2. The van der Waals surface area contributed by atoms with Crippen LogP contribution in [0.3, 0.4) is 0 Å². The highest BCUT2D eigenvalue weighted by Crippen LogP contribution is 2.37. The number of aromatic nitrogens is 1. The van der Waals surface area contributed by atoms with Gasteiger partial charge in [-0.3, -0.25) is 9.88 Å². The number of hydrogen-bond acceptors (Lipinski definition) is 8. The van der Waals surface area contributed by atoms with Crippen LogP contribution in [0.1, 0.15) is 22.4 Å². The number of methoxy groups -OCH3 is 1. The molecule has 1 aliphatic heterocycles. The Balaban J connectivity index is 1.33. The summed E-state index contributed by atoms with van der Waals surface area (Å²) in [6, 6.07) is 18.6. The highest BCUT2D eigenvalue weighted by molar-refractivity contribution is 7.09. The number of hydrogen-bond donors (Lipinski definition) is 1. The van der Waals surface area contributed by atoms with Crippen molar-refractivity contribution in [1.29, 1.82) is 5.26 Å². The standard InChI is InChI=1S/C29H30N4O3S/c1-34-27-17-25-26(18-28(27)36-12-3-9-33-10-13-35-14-11-33)31-20-22(19-30)29(25)32-23-7-5-21(6-8-23)16-24-4-2-15-37-24/h2,4-8,15,17-18,20H,3,9-14,16H2,1H3,(H,31,32). The number of thiophene rings is 1. The number of nitriles is 1. The summed E-state index contributed by atoms with van der Waals surface area (Å²) in [7, 11) is 1.63. The molecule has 1 fully saturated rings. The van der Waals surface area contributed by atoms with Crippen molar-refractivity contribution in [1.82, 2.24) is 9.88 Å². The molecule has 1 saturated heterocycles. The molecule has 8 heteroatoms. The van der Waals surface area contributed by atoms with Gasteiger partial charge >= 0.3 is 0 Å². The summed E-state index contributed by atoms with van der Waals surface area (Å²) in [5.74, 6) is 1.27. The zero-order valence-electron chi connectivity index (χ0n) is 20.9. The Hall–Kier alpha value is -3.64. The van der Waals surface area contributed by atoms with Crippen LogP contribution in [0.4, 0.5) is 11.4 Å². The Morgan fingerprint density at radius 1 is 1.14 bits per heavy atom. The van der Waals surface area contributed by atoms with Crippen molar-refractivity contribution >= 4 is 33.6 Å². The first-order valence-electron chi connectivity index (χ1n) is 12.5. The van der Waals surface area contributed by atoms with Crippen LogP contribution in [-0.4, -0.2) is 56.4 Å². The average molecular weight is 515 g/mol. The summed E-state index contributed by atoms with van der Waals surface area (Å²) in [6.45, 7) is 5.09. The highest BCUT2D eigenvalue weighted by atomic mass is 32.1. The van der Waals surface area contributed by atoms with E-state index >= 15 is 0 Å². The number of nitrogens with one attached hydrogen (secondary N) is 1. The summed E-state index contributed by atoms with van der Waals surface area (Å²) in [6.07, 6.45) is 3.42. The molecule has 37 heavy (non-hydrogen) atoms. The van der Waals surface area contributed by atoms with E-state index in [-0.39, 0.29) is 0 Å². The molecule has 4 aromatic rings. The Morgan fingerprint density at radius 2 is 1.97 bits per heavy atom. The summed E-state index contributed by atoms with van der Waals surface area (Å²) in [4.78, 5) is 8.25. The third-order valence-corrected chi connectivity index (χ3v) is 7.31. The Morgan fingerprint density at radius 3 is 2.70 bits per heavy atom. The molecule has 1 aliphatic rings. The van der Waals surface area contributed by atoms with Crippen LogP contribution < -0.4 is 14.8 Å². The van der Waals surface area contributed by atoms with Crippen molar-refractivity contribution in [2.24, 2.45) is 0 Å². The van der Waals surface area contributed by atoms with Gasteiger partial charge in [0.2, 0.25) is 0 Å². The first-order valence-corrected chi connectivity index (χ1v) is 13.3. The van der Waals surface area contributed by atoms with Crippen LogP contribution in [0.15, 0.2) is 60.1 Å². The van der Waals surface area contributed by atoms with Crippen LogP contribution in [0.5, 0.6) is 11.5 Å². The van der Waals surface area contributed by atoms with Gasteiger partial charge in [-0.05, 0) is 41.6 Å². The van der Waals surface area contributed by atoms with Crippen LogP contribution in [-0.2, 0) is 11.2 Å². The minimum absolute atomic E-state index is 0.469. The first kappa shape index (κ1) is 25.0. The van der Waals surface area contributed by atoms with E-state index in [1.165, 1.54) is 10.4 Å². The van der Waals surface area contributed by atoms with Crippen molar-refractivity contribution in [3.8, 4) is 17.6 Å². The largest absolute Gasteiger partial charge is 0.493 e. The fourth-order valence-electron chi connectivity index (χ4n) is 4.45. The summed E-state index contributed by atoms with van der Waals surface area (Å²) in [5, 5.41) is 16.1. The molecule has 5 rings (SSSR count). The third kappa shape index (κ3) is 6.20. The second-order valence-electron chi connectivity index (χ2n) is 8.91. The molecule has 0 bridgehead atoms. The smallest absolute Gasteiger partial charge is 0.163 e. The molecule has 190 valence electrons. The molecular formula is C29H30N4O3S. The minimum atomic E-state index is 0.469. The van der Waals surface area contributed by atoms with E-state index in [9.17, 15) is 5.26 Å². The van der Waals surface area contributed by atoms with E-state index < -0.39 is 0 Å². The second-order valence-corrected chi connectivity index (χ2v) is 9.95. The van der Waals surface area contributed by atoms with Crippen molar-refractivity contribution < 1.29 is 14.2 Å². The van der Waals surface area contributed by atoms with Crippen LogP contribution in [0.25, 0.3) is 10.9 Å². The molecule has 0 atom stereocenters. The van der Waals surface area contributed by atoms with Gasteiger partial charge in [0.1, 0.15) is 6.07 Å². The molecule has 1 N–H and O–H groups in total. The molecule has 0 radical (unpaired) electrons. The van der Waals surface area contributed by atoms with Gasteiger partial charge in [0.15, 0.2) is 11.5 Å². The Bertz CT molecular complexity index is 1360. The number of rotatable bonds is 10. The number of morpholine rings is 1. The molecule has 0 amide bonds. The molecule has 2 aromatic heterocycles. The monoisotopic (exact) mass is 514 g/mol. The molecule has 2 aromatic carbocycles. The van der Waals surface area contributed by atoms with Crippen LogP contribution in [0.2, 0.25) is 0 Å². The van der Waals surface area contributed by atoms with Gasteiger partial charge in [0.25, 0.3) is 0 Å². The Labute approximate surface area is 221 Å². The normalized spacial score (nSPS) is 13.8. The molecule has 0 unspecified atom stereocenters. The van der Waals surface area contributed by atoms with E-state index in [1.54, 1.807) is 24.6 Å². The quantitative estimate of drug-likeness (QED) is 0.276. The number of ether oxygens (including phenoxy) is 3. The van der Waals surface area contributed by atoms with Crippen molar-refractivity contribution in [3.05, 3.63) is 76.1 Å². The highest BCUT2D eigenvalue weighted by Gasteiger charge is 2.15. The van der Waals surface area contributed by atoms with Gasteiger partial charge in [-0.1, -0.05) is 18.2 Å². The minimum Gasteiger partial charge on any atom is -0.493 e. The fraction of sp³-hybridized carbons (Fsp3) is 0.310. The SMILES string of the molecule is COc1cc2c(Nc3ccc(Cc4cccs4)cc3)c(C#N)cnc2cc1OCCCN1CCOCC1. The van der Waals surface area contributed by atoms with Gasteiger partial charge in [-0.2, -0.15) is 5.26 Å². The van der Waals surface area contributed by atoms with Gasteiger partial charge < -0.3 is 19.5 Å². The molecule has 3 heterocycles. The first-order chi connectivity index (χ1) is 18.2. The maximum absolute atomic E-state index is 9.78. The number of fused-ring (bicyclic) bond motifs is 1. The molecule has 0 aliphatic carbocycles. The van der Waals surface area contributed by atoms with E-state index in [1.807, 2.05) is 24.3 Å². The zero-order valence-corrected chi connectivity index (χ0v) is 21.7. The van der Waals surface area contributed by atoms with E-state index in [2.05, 4.69) is 50.9 Å². The predicted octanol–water partition coefficient (Wildman–Crippen LogP) is 5.61. The molecule has 7 nitrogen and oxygen atoms in total. The van der Waals surface area contributed by atoms with Gasteiger partial charge in [-0.15, -0.1) is 11.3 Å². The van der Waals surface area contributed by atoms with Crippen molar-refractivity contribution in [3.63, 3.8) is 0 Å². The second kappa shape index (κ2) is 12.1. The van der Waals surface area contributed by atoms with Crippen molar-refractivity contribution in [2.45, 2.75) is 12.8 Å². The maximum Gasteiger partial charge on any atom is 0.163 e. The lowest BCUT2D eigenvalue weighted by atomic mass is 10.1. The van der Waals surface area contributed by atoms with E-state index in [4.69, 9.17) is 14.2 Å². The number of nitrogens with zero attached hydrogens (tertiary/aromatic N) is 3. The molecule has 0 saturated carbocycles. The third-order valence-electron chi connectivity index (χ3n) is 6.44. The van der Waals surface area contributed by atoms with Crippen molar-refractivity contribution in [2.75, 3.05) is 51.9 Å². The zero-order chi connectivity index (χ0) is 25.5. The maximum atomic E-state index is 9.78. The van der Waals surface area contributed by atoms with Gasteiger partial charge in [-0.25, -0.2) is 0 Å². The lowest BCUT2D eigenvalue weighted by Crippen LogP contribution is -2.37. The summed E-state index contributed by atoms with van der Waals surface area (Å²) >= 11 is 1.76. The number of benzene rings is 2. The average Bonchev–Trinajstić information content (AvgIpc) is 3.45. The van der Waals surface area contributed by atoms with E-state index in [0.29, 0.717) is 29.4 Å². The van der Waals surface area contributed by atoms with Gasteiger partial charge in [0, 0.05) is 54.3 Å². The predicted molar refractivity (Wildman–Crippen MR) is 147 cm³/mol. The fourth-order valence-corrected chi connectivity index (χ4v) is 5.19. The number of anilines is 2. The summed E-state index contributed by atoms with van der Waals surface area (Å²) in [5.41, 5.74) is 4.05. The lowest BCUT2D eigenvalue weighted by Gasteiger charge is -2.26. The van der Waals surface area contributed by atoms with Gasteiger partial charge in [0.05, 0.1) is 43.7 Å². The van der Waals surface area contributed by atoms with Crippen LogP contribution >= 0.6 is 11.3 Å². The Kier molecular flexibility index (Phi) is 8.16. The molecule has 0 spiro atoms. The number of pyridine rings is 1. The topological polar surface area (TPSA) is 79.6 Å². The molecular weight excluding hydrogens is 484 g/mol.